The molecule has 2 aromatic rings. The van der Waals surface area contributed by atoms with Crippen LogP contribution in [0, 0.1) is 11.8 Å². The molecular weight excluding hydrogens is 328 g/mol. The number of benzene rings is 2. The molecule has 136 valence electrons. The minimum atomic E-state index is 0.218. The highest BCUT2D eigenvalue weighted by Crippen LogP contribution is 2.58. The van der Waals surface area contributed by atoms with Crippen LogP contribution in [0.4, 0.5) is 0 Å². The Balaban J connectivity index is 1.40. The van der Waals surface area contributed by atoms with Gasteiger partial charge in [-0.15, -0.1) is 0 Å². The van der Waals surface area contributed by atoms with Crippen LogP contribution in [0.25, 0.3) is 0 Å². The summed E-state index contributed by atoms with van der Waals surface area (Å²) < 4.78 is 16.3. The van der Waals surface area contributed by atoms with E-state index in [1.54, 1.807) is 13.2 Å². The van der Waals surface area contributed by atoms with Crippen LogP contribution in [-0.2, 0) is 0 Å². The topological polar surface area (TPSA) is 47.9 Å². The second kappa shape index (κ2) is 6.11. The van der Waals surface area contributed by atoms with Crippen LogP contribution >= 0.6 is 0 Å². The van der Waals surface area contributed by atoms with Gasteiger partial charge >= 0.3 is 0 Å². The van der Waals surface area contributed by atoms with E-state index in [-0.39, 0.29) is 5.75 Å². The lowest BCUT2D eigenvalue weighted by atomic mass is 9.83. The average molecular weight is 352 g/mol. The third-order valence-electron chi connectivity index (χ3n) is 6.66. The van der Waals surface area contributed by atoms with Crippen LogP contribution in [-0.4, -0.2) is 19.0 Å². The first-order chi connectivity index (χ1) is 12.7. The van der Waals surface area contributed by atoms with E-state index in [9.17, 15) is 5.11 Å². The lowest BCUT2D eigenvalue weighted by Gasteiger charge is -2.22. The maximum atomic E-state index is 9.89. The maximum Gasteiger partial charge on any atom is 0.231 e. The Morgan fingerprint density at radius 3 is 2.23 bits per heavy atom. The van der Waals surface area contributed by atoms with Gasteiger partial charge in [-0.1, -0.05) is 12.1 Å². The van der Waals surface area contributed by atoms with E-state index < -0.39 is 0 Å². The number of rotatable bonds is 3. The van der Waals surface area contributed by atoms with E-state index in [2.05, 4.69) is 24.3 Å². The molecule has 1 N–H and O–H groups in total. The first-order valence-corrected chi connectivity index (χ1v) is 9.51. The molecule has 1 heterocycles. The van der Waals surface area contributed by atoms with Crippen molar-refractivity contribution in [3.8, 4) is 23.0 Å². The lowest BCUT2D eigenvalue weighted by molar-refractivity contribution is 0.174. The lowest BCUT2D eigenvalue weighted by Crippen LogP contribution is -2.11. The Kier molecular flexibility index (Phi) is 3.73. The quantitative estimate of drug-likeness (QED) is 0.860. The average Bonchev–Trinajstić information content (AvgIpc) is 3.37. The number of phenolic OH excluding ortho intramolecular Hbond substituents is 1. The molecule has 0 bridgehead atoms. The van der Waals surface area contributed by atoms with Gasteiger partial charge in [0, 0.05) is 0 Å². The molecule has 2 aromatic carbocycles. The number of methoxy groups -OCH3 is 1. The molecule has 26 heavy (non-hydrogen) atoms. The molecule has 4 unspecified atom stereocenters. The smallest absolute Gasteiger partial charge is 0.231 e. The van der Waals surface area contributed by atoms with Crippen molar-refractivity contribution in [1.82, 2.24) is 0 Å². The van der Waals surface area contributed by atoms with E-state index in [1.165, 1.54) is 36.8 Å². The number of ether oxygens (including phenoxy) is 3. The van der Waals surface area contributed by atoms with Crippen molar-refractivity contribution < 1.29 is 19.3 Å². The largest absolute Gasteiger partial charge is 0.504 e. The number of hydrogen-bond donors (Lipinski definition) is 1. The second-order valence-electron chi connectivity index (χ2n) is 7.74. The van der Waals surface area contributed by atoms with Gasteiger partial charge in [-0.2, -0.15) is 0 Å². The van der Waals surface area contributed by atoms with Crippen molar-refractivity contribution in [1.29, 1.82) is 0 Å². The van der Waals surface area contributed by atoms with Gasteiger partial charge in [0.05, 0.1) is 7.11 Å². The molecule has 3 aliphatic rings. The fourth-order valence-corrected chi connectivity index (χ4v) is 5.50. The highest BCUT2D eigenvalue weighted by Gasteiger charge is 2.45. The summed E-state index contributed by atoms with van der Waals surface area (Å²) in [6.07, 6.45) is 4.97. The highest BCUT2D eigenvalue weighted by molar-refractivity contribution is 5.46. The molecular formula is C22H24O4. The Labute approximate surface area is 153 Å². The van der Waals surface area contributed by atoms with Gasteiger partial charge in [0.25, 0.3) is 0 Å². The molecule has 1 aliphatic heterocycles. The number of hydrogen-bond acceptors (Lipinski definition) is 4. The Hall–Kier alpha value is -2.36. The molecule has 0 amide bonds. The SMILES string of the molecule is COc1cc(C2CCC3C(c4ccc5c(c4)OCO5)CCC23)ccc1O. The summed E-state index contributed by atoms with van der Waals surface area (Å²) in [6, 6.07) is 12.3. The Morgan fingerprint density at radius 2 is 1.50 bits per heavy atom. The Bertz CT molecular complexity index is 806. The predicted molar refractivity (Wildman–Crippen MR) is 98.2 cm³/mol. The molecule has 2 saturated carbocycles. The van der Waals surface area contributed by atoms with Gasteiger partial charge in [-0.05, 0) is 84.7 Å². The van der Waals surface area contributed by atoms with Gasteiger partial charge in [-0.3, -0.25) is 0 Å². The van der Waals surface area contributed by atoms with Gasteiger partial charge < -0.3 is 19.3 Å². The normalized spacial score (nSPS) is 29.0. The van der Waals surface area contributed by atoms with Crippen LogP contribution in [0.15, 0.2) is 36.4 Å². The monoisotopic (exact) mass is 352 g/mol. The van der Waals surface area contributed by atoms with Crippen molar-refractivity contribution in [2.45, 2.75) is 37.5 Å². The third kappa shape index (κ3) is 2.43. The number of phenols is 1. The summed E-state index contributed by atoms with van der Waals surface area (Å²) in [5.74, 6) is 5.16. The predicted octanol–water partition coefficient (Wildman–Crippen LogP) is 4.82. The number of fused-ring (bicyclic) bond motifs is 2. The van der Waals surface area contributed by atoms with Crippen LogP contribution in [0.2, 0.25) is 0 Å². The third-order valence-corrected chi connectivity index (χ3v) is 6.66. The molecule has 4 atom stereocenters. The van der Waals surface area contributed by atoms with Crippen LogP contribution in [0.5, 0.6) is 23.0 Å². The second-order valence-corrected chi connectivity index (χ2v) is 7.74. The maximum absolute atomic E-state index is 9.89. The van der Waals surface area contributed by atoms with Crippen LogP contribution in [0.3, 0.4) is 0 Å². The van der Waals surface area contributed by atoms with Gasteiger partial charge in [0.15, 0.2) is 23.0 Å². The van der Waals surface area contributed by atoms with Crippen molar-refractivity contribution in [3.63, 3.8) is 0 Å². The van der Waals surface area contributed by atoms with E-state index >= 15 is 0 Å². The molecule has 2 aliphatic carbocycles. The molecule has 0 spiro atoms. The molecule has 0 aromatic heterocycles. The zero-order chi connectivity index (χ0) is 17.7. The fraction of sp³-hybridized carbons (Fsp3) is 0.455. The molecule has 4 nitrogen and oxygen atoms in total. The molecule has 0 saturated heterocycles. The van der Waals surface area contributed by atoms with E-state index in [0.29, 0.717) is 30.3 Å². The standard InChI is InChI=1S/C22H24O4/c1-24-21-10-13(2-8-19(21)23)15-4-6-18-16(5-7-17(15)18)14-3-9-20-22(11-14)26-12-25-20/h2-3,8-11,15-18,23H,4-7,12H2,1H3. The summed E-state index contributed by atoms with van der Waals surface area (Å²) in [4.78, 5) is 0. The minimum Gasteiger partial charge on any atom is -0.504 e. The first-order valence-electron chi connectivity index (χ1n) is 9.51. The molecule has 2 fully saturated rings. The van der Waals surface area contributed by atoms with Gasteiger partial charge in [-0.25, -0.2) is 0 Å². The summed E-state index contributed by atoms with van der Waals surface area (Å²) in [7, 11) is 1.61. The summed E-state index contributed by atoms with van der Waals surface area (Å²) in [5, 5.41) is 9.89. The summed E-state index contributed by atoms with van der Waals surface area (Å²) >= 11 is 0. The van der Waals surface area contributed by atoms with Crippen molar-refractivity contribution >= 4 is 0 Å². The van der Waals surface area contributed by atoms with Crippen molar-refractivity contribution in [2.24, 2.45) is 11.8 Å². The highest BCUT2D eigenvalue weighted by atomic mass is 16.7. The van der Waals surface area contributed by atoms with E-state index in [1.807, 2.05) is 6.07 Å². The van der Waals surface area contributed by atoms with E-state index in [0.717, 1.165) is 17.4 Å². The molecule has 4 heteroatoms. The molecule has 0 radical (unpaired) electrons. The van der Waals surface area contributed by atoms with Crippen molar-refractivity contribution in [3.05, 3.63) is 47.5 Å². The van der Waals surface area contributed by atoms with Gasteiger partial charge in [0.1, 0.15) is 0 Å². The summed E-state index contributed by atoms with van der Waals surface area (Å²) in [6.45, 7) is 0.334. The minimum absolute atomic E-state index is 0.218. The van der Waals surface area contributed by atoms with Crippen LogP contribution in [0.1, 0.15) is 48.6 Å². The summed E-state index contributed by atoms with van der Waals surface area (Å²) in [5.41, 5.74) is 2.70. The van der Waals surface area contributed by atoms with Crippen molar-refractivity contribution in [2.75, 3.05) is 13.9 Å². The van der Waals surface area contributed by atoms with E-state index in [4.69, 9.17) is 14.2 Å². The number of aromatic hydroxyl groups is 1. The fourth-order valence-electron chi connectivity index (χ4n) is 5.50. The Morgan fingerprint density at radius 1 is 0.846 bits per heavy atom. The zero-order valence-corrected chi connectivity index (χ0v) is 15.0. The zero-order valence-electron chi connectivity index (χ0n) is 15.0. The first kappa shape index (κ1) is 15.9. The molecule has 5 rings (SSSR count). The van der Waals surface area contributed by atoms with Crippen LogP contribution < -0.4 is 14.2 Å². The van der Waals surface area contributed by atoms with Gasteiger partial charge in [0.2, 0.25) is 6.79 Å².